The average Bonchev–Trinajstić information content (AvgIpc) is 1.86. The maximum atomic E-state index is 11.5. The molecule has 8 heteroatoms. The van der Waals surface area contributed by atoms with E-state index in [2.05, 4.69) is 10.2 Å². The summed E-state index contributed by atoms with van der Waals surface area (Å²) in [5.41, 5.74) is -1.72. The number of hydrogen-bond donors (Lipinski definition) is 3. The molecule has 0 aliphatic carbocycles. The summed E-state index contributed by atoms with van der Waals surface area (Å²) in [5.74, 6) is -1.15. The molecular weight excluding hydrogens is 283 g/mol. The van der Waals surface area contributed by atoms with Crippen LogP contribution in [0, 0.1) is 0 Å². The number of carbonyl (C=O) groups is 2. The van der Waals surface area contributed by atoms with Gasteiger partial charge in [0.15, 0.2) is 0 Å². The maximum absolute atomic E-state index is 11.5. The molecule has 2 amide bonds. The fourth-order valence-corrected chi connectivity index (χ4v) is 5.13. The SMILES string of the molecule is CC(=O)NP(O)(NC(C)=O)(OC(C)(C)C)OC(C)(C)C. The summed E-state index contributed by atoms with van der Waals surface area (Å²) in [4.78, 5) is 33.9. The van der Waals surface area contributed by atoms with Crippen molar-refractivity contribution < 1.29 is 23.5 Å². The Hall–Kier alpha value is -0.750. The van der Waals surface area contributed by atoms with Gasteiger partial charge >= 0.3 is 120 Å². The summed E-state index contributed by atoms with van der Waals surface area (Å²) >= 11 is 0. The minimum atomic E-state index is -4.88. The molecule has 0 radical (unpaired) electrons. The first kappa shape index (κ1) is 19.2. The van der Waals surface area contributed by atoms with Gasteiger partial charge in [-0.25, -0.2) is 0 Å². The van der Waals surface area contributed by atoms with Gasteiger partial charge in [-0.1, -0.05) is 0 Å². The van der Waals surface area contributed by atoms with Crippen LogP contribution in [0.15, 0.2) is 0 Å². The molecule has 0 heterocycles. The molecule has 0 spiro atoms. The Morgan fingerprint density at radius 2 is 1.10 bits per heavy atom. The number of carbonyl (C=O) groups excluding carboxylic acids is 2. The van der Waals surface area contributed by atoms with Crippen LogP contribution in [0.3, 0.4) is 0 Å². The van der Waals surface area contributed by atoms with Gasteiger partial charge < -0.3 is 0 Å². The second kappa shape index (κ2) is 5.56. The second-order valence-electron chi connectivity index (χ2n) is 6.66. The molecule has 0 atom stereocenters. The Morgan fingerprint density at radius 3 is 1.25 bits per heavy atom. The molecule has 20 heavy (non-hydrogen) atoms. The van der Waals surface area contributed by atoms with Crippen molar-refractivity contribution in [3.63, 3.8) is 0 Å². The molecule has 120 valence electrons. The van der Waals surface area contributed by atoms with E-state index in [4.69, 9.17) is 9.05 Å². The van der Waals surface area contributed by atoms with Crippen molar-refractivity contribution in [1.82, 2.24) is 10.2 Å². The van der Waals surface area contributed by atoms with Crippen molar-refractivity contribution in [3.8, 4) is 0 Å². The van der Waals surface area contributed by atoms with E-state index in [1.165, 1.54) is 13.8 Å². The van der Waals surface area contributed by atoms with Crippen molar-refractivity contribution in [2.24, 2.45) is 0 Å². The molecular formula is C12H27N2O5P. The van der Waals surface area contributed by atoms with Crippen molar-refractivity contribution in [3.05, 3.63) is 0 Å². The number of hydrogen-bond acceptors (Lipinski definition) is 5. The van der Waals surface area contributed by atoms with Crippen molar-refractivity contribution in [2.45, 2.75) is 66.6 Å². The third-order valence-electron chi connectivity index (χ3n) is 1.60. The Kier molecular flexibility index (Phi) is 5.35. The van der Waals surface area contributed by atoms with Crippen molar-refractivity contribution >= 4 is 19.4 Å². The van der Waals surface area contributed by atoms with Crippen LogP contribution in [-0.2, 0) is 18.6 Å². The Morgan fingerprint density at radius 1 is 0.850 bits per heavy atom. The molecule has 0 aromatic heterocycles. The quantitative estimate of drug-likeness (QED) is 0.690. The van der Waals surface area contributed by atoms with Gasteiger partial charge in [-0.05, 0) is 0 Å². The van der Waals surface area contributed by atoms with Crippen molar-refractivity contribution in [2.75, 3.05) is 0 Å². The summed E-state index contributed by atoms with van der Waals surface area (Å²) < 4.78 is 11.2. The summed E-state index contributed by atoms with van der Waals surface area (Å²) in [6.45, 7) is 12.5. The van der Waals surface area contributed by atoms with E-state index in [0.717, 1.165) is 0 Å². The van der Waals surface area contributed by atoms with E-state index in [9.17, 15) is 14.5 Å². The van der Waals surface area contributed by atoms with Gasteiger partial charge in [-0.15, -0.1) is 0 Å². The normalized spacial score (nSPS) is 15.2. The standard InChI is InChI=1S/C12H27N2O5P/c1-9(15)13-20(17,14-10(2)16,18-11(3,4)5)19-12(6,7)8/h17H,1-8H3,(H,13,15)(H,14,16). The van der Waals surface area contributed by atoms with Crippen LogP contribution in [0.25, 0.3) is 0 Å². The average molecular weight is 310 g/mol. The van der Waals surface area contributed by atoms with Crippen molar-refractivity contribution in [1.29, 1.82) is 0 Å². The monoisotopic (exact) mass is 310 g/mol. The molecule has 0 fully saturated rings. The molecule has 3 N–H and O–H groups in total. The molecule has 0 saturated carbocycles. The zero-order valence-electron chi connectivity index (χ0n) is 13.5. The second-order valence-corrected chi connectivity index (χ2v) is 9.30. The van der Waals surface area contributed by atoms with Crippen LogP contribution in [0.1, 0.15) is 55.4 Å². The molecule has 0 aliphatic rings. The van der Waals surface area contributed by atoms with Crippen LogP contribution >= 0.6 is 7.59 Å². The first-order valence-corrected chi connectivity index (χ1v) is 8.35. The van der Waals surface area contributed by atoms with Gasteiger partial charge in [-0.3, -0.25) is 0 Å². The molecule has 7 nitrogen and oxygen atoms in total. The summed E-state index contributed by atoms with van der Waals surface area (Å²) in [6.07, 6.45) is 0. The van der Waals surface area contributed by atoms with Crippen LogP contribution in [0.2, 0.25) is 0 Å². The van der Waals surface area contributed by atoms with Crippen LogP contribution in [-0.4, -0.2) is 27.9 Å². The van der Waals surface area contributed by atoms with E-state index >= 15 is 0 Å². The zero-order valence-corrected chi connectivity index (χ0v) is 14.4. The number of nitrogens with one attached hydrogen (secondary N) is 2. The number of amides is 2. The van der Waals surface area contributed by atoms with Crippen LogP contribution in [0.4, 0.5) is 0 Å². The third-order valence-corrected chi connectivity index (χ3v) is 4.79. The Labute approximate surface area is 120 Å². The van der Waals surface area contributed by atoms with E-state index in [0.29, 0.717) is 0 Å². The topological polar surface area (TPSA) is 96.9 Å². The fourth-order valence-electron chi connectivity index (χ4n) is 1.71. The summed E-state index contributed by atoms with van der Waals surface area (Å²) in [6, 6.07) is 0. The third kappa shape index (κ3) is 7.14. The van der Waals surface area contributed by atoms with E-state index in [1.54, 1.807) is 41.5 Å². The molecule has 0 aromatic carbocycles. The van der Waals surface area contributed by atoms with Gasteiger partial charge in [0, 0.05) is 0 Å². The molecule has 0 aromatic rings. The fraction of sp³-hybridized carbons (Fsp3) is 0.833. The van der Waals surface area contributed by atoms with E-state index in [-0.39, 0.29) is 0 Å². The first-order valence-electron chi connectivity index (χ1n) is 6.33. The molecule has 0 bridgehead atoms. The van der Waals surface area contributed by atoms with E-state index in [1.807, 2.05) is 0 Å². The van der Waals surface area contributed by atoms with Gasteiger partial charge in [0.1, 0.15) is 0 Å². The van der Waals surface area contributed by atoms with Gasteiger partial charge in [0.25, 0.3) is 0 Å². The minimum absolute atomic E-state index is 0.576. The number of rotatable bonds is 4. The van der Waals surface area contributed by atoms with Crippen LogP contribution in [0.5, 0.6) is 0 Å². The predicted molar refractivity (Wildman–Crippen MR) is 78.4 cm³/mol. The first-order chi connectivity index (χ1) is 8.55. The van der Waals surface area contributed by atoms with Gasteiger partial charge in [-0.2, -0.15) is 0 Å². The van der Waals surface area contributed by atoms with Crippen LogP contribution < -0.4 is 10.2 Å². The van der Waals surface area contributed by atoms with Gasteiger partial charge in [0.2, 0.25) is 0 Å². The molecule has 0 rings (SSSR count). The van der Waals surface area contributed by atoms with E-state index < -0.39 is 30.6 Å². The van der Waals surface area contributed by atoms with Gasteiger partial charge in [0.05, 0.1) is 0 Å². The molecule has 0 saturated heterocycles. The zero-order chi connectivity index (χ0) is 16.4. The Bertz CT molecular complexity index is 362. The molecule has 0 aliphatic heterocycles. The Balaban J connectivity index is 5.87. The molecule has 0 unspecified atom stereocenters. The summed E-state index contributed by atoms with van der Waals surface area (Å²) in [7, 11) is -4.88. The predicted octanol–water partition coefficient (Wildman–Crippen LogP) is 2.01. The summed E-state index contributed by atoms with van der Waals surface area (Å²) in [5, 5.41) is 4.57.